The fourth-order valence-corrected chi connectivity index (χ4v) is 1.83. The molecule has 8 heteroatoms. The van der Waals surface area contributed by atoms with E-state index >= 15 is 0 Å². The number of carbonyl (C=O) groups excluding carboxylic acids is 2. The van der Waals surface area contributed by atoms with E-state index in [1.165, 1.54) is 33.0 Å². The number of hydrogen-bond acceptors (Lipinski definition) is 6. The summed E-state index contributed by atoms with van der Waals surface area (Å²) in [5.41, 5.74) is 0. The van der Waals surface area contributed by atoms with Crippen LogP contribution in [0, 0.1) is 0 Å². The predicted molar refractivity (Wildman–Crippen MR) is 74.0 cm³/mol. The molecule has 0 aromatic carbocycles. The van der Waals surface area contributed by atoms with Crippen LogP contribution in [0.2, 0.25) is 0 Å². The van der Waals surface area contributed by atoms with Gasteiger partial charge in [-0.3, -0.25) is 9.59 Å². The molecular formula is C12H23NO6S. The Balaban J connectivity index is 5.02. The molecule has 20 heavy (non-hydrogen) atoms. The molecule has 0 N–H and O–H groups in total. The largest absolute Gasteiger partial charge is 0.469 e. The standard InChI is InChI=1S/C12H23NO6S/c1-12(2,20(5,16)17)11(15)13(8-9-18-3)7-6-10(14)19-4/h6-9H2,1-5H3. The molecule has 0 atom stereocenters. The van der Waals surface area contributed by atoms with Crippen molar-refractivity contribution in [2.45, 2.75) is 25.0 Å². The molecule has 0 aromatic heterocycles. The maximum atomic E-state index is 12.4. The Kier molecular flexibility index (Phi) is 7.15. The average molecular weight is 309 g/mol. The summed E-state index contributed by atoms with van der Waals surface area (Å²) in [5, 5.41) is 0. The van der Waals surface area contributed by atoms with Gasteiger partial charge in [0.2, 0.25) is 5.91 Å². The number of carbonyl (C=O) groups is 2. The number of nitrogens with zero attached hydrogens (tertiary/aromatic N) is 1. The van der Waals surface area contributed by atoms with Crippen LogP contribution in [0.4, 0.5) is 0 Å². The van der Waals surface area contributed by atoms with Crippen LogP contribution in [0.25, 0.3) is 0 Å². The van der Waals surface area contributed by atoms with Gasteiger partial charge in [-0.1, -0.05) is 0 Å². The third kappa shape index (κ3) is 5.09. The van der Waals surface area contributed by atoms with Crippen LogP contribution in [0.3, 0.4) is 0 Å². The first-order valence-corrected chi connectivity index (χ1v) is 8.01. The quantitative estimate of drug-likeness (QED) is 0.579. The second-order valence-electron chi connectivity index (χ2n) is 4.89. The van der Waals surface area contributed by atoms with E-state index in [0.29, 0.717) is 0 Å². The van der Waals surface area contributed by atoms with Crippen molar-refractivity contribution in [3.05, 3.63) is 0 Å². The van der Waals surface area contributed by atoms with Crippen LogP contribution in [0.5, 0.6) is 0 Å². The Hall–Kier alpha value is -1.15. The van der Waals surface area contributed by atoms with E-state index in [9.17, 15) is 18.0 Å². The highest BCUT2D eigenvalue weighted by Crippen LogP contribution is 2.19. The molecule has 0 unspecified atom stereocenters. The average Bonchev–Trinajstić information content (AvgIpc) is 2.36. The van der Waals surface area contributed by atoms with Gasteiger partial charge >= 0.3 is 5.97 Å². The zero-order valence-corrected chi connectivity index (χ0v) is 13.4. The van der Waals surface area contributed by atoms with E-state index in [1.807, 2.05) is 0 Å². The van der Waals surface area contributed by atoms with Gasteiger partial charge in [0.1, 0.15) is 4.75 Å². The molecule has 7 nitrogen and oxygen atoms in total. The van der Waals surface area contributed by atoms with E-state index in [1.54, 1.807) is 0 Å². The lowest BCUT2D eigenvalue weighted by molar-refractivity contribution is -0.142. The number of methoxy groups -OCH3 is 2. The second-order valence-corrected chi connectivity index (χ2v) is 7.46. The lowest BCUT2D eigenvalue weighted by atomic mass is 10.1. The van der Waals surface area contributed by atoms with Gasteiger partial charge in [0, 0.05) is 26.5 Å². The number of rotatable bonds is 8. The topological polar surface area (TPSA) is 90.0 Å². The fraction of sp³-hybridized carbons (Fsp3) is 0.833. The van der Waals surface area contributed by atoms with Gasteiger partial charge in [0.15, 0.2) is 9.84 Å². The van der Waals surface area contributed by atoms with Crippen LogP contribution >= 0.6 is 0 Å². The van der Waals surface area contributed by atoms with Crippen molar-refractivity contribution in [2.75, 3.05) is 40.2 Å². The summed E-state index contributed by atoms with van der Waals surface area (Å²) in [4.78, 5) is 24.8. The second kappa shape index (κ2) is 7.58. The number of hydrogen-bond donors (Lipinski definition) is 0. The highest BCUT2D eigenvalue weighted by molar-refractivity contribution is 7.92. The van der Waals surface area contributed by atoms with Crippen molar-refractivity contribution in [3.8, 4) is 0 Å². The van der Waals surface area contributed by atoms with Crippen molar-refractivity contribution >= 4 is 21.7 Å². The maximum absolute atomic E-state index is 12.4. The summed E-state index contributed by atoms with van der Waals surface area (Å²) in [5.74, 6) is -1.02. The van der Waals surface area contributed by atoms with Gasteiger partial charge in [0.05, 0.1) is 20.1 Å². The molecule has 0 heterocycles. The molecule has 0 aliphatic rings. The van der Waals surface area contributed by atoms with E-state index in [-0.39, 0.29) is 26.1 Å². The van der Waals surface area contributed by atoms with E-state index in [2.05, 4.69) is 4.74 Å². The summed E-state index contributed by atoms with van der Waals surface area (Å²) < 4.78 is 31.3. The normalized spacial score (nSPS) is 12.1. The Morgan fingerprint density at radius 3 is 2.10 bits per heavy atom. The van der Waals surface area contributed by atoms with E-state index in [4.69, 9.17) is 4.74 Å². The summed E-state index contributed by atoms with van der Waals surface area (Å²) in [6.45, 7) is 3.26. The van der Waals surface area contributed by atoms with Crippen molar-refractivity contribution in [2.24, 2.45) is 0 Å². The first kappa shape index (κ1) is 18.9. The summed E-state index contributed by atoms with van der Waals surface area (Å²) in [6, 6.07) is 0. The summed E-state index contributed by atoms with van der Waals surface area (Å²) >= 11 is 0. The van der Waals surface area contributed by atoms with Crippen molar-refractivity contribution in [1.29, 1.82) is 0 Å². The smallest absolute Gasteiger partial charge is 0.307 e. The number of sulfone groups is 1. The zero-order chi connectivity index (χ0) is 16.0. The lowest BCUT2D eigenvalue weighted by Crippen LogP contribution is -2.51. The predicted octanol–water partition coefficient (Wildman–Crippen LogP) is -0.152. The Morgan fingerprint density at radius 2 is 1.70 bits per heavy atom. The minimum atomic E-state index is -3.56. The molecular weight excluding hydrogens is 286 g/mol. The fourth-order valence-electron chi connectivity index (χ4n) is 1.38. The van der Waals surface area contributed by atoms with Gasteiger partial charge in [0.25, 0.3) is 0 Å². The molecule has 0 aromatic rings. The third-order valence-electron chi connectivity index (χ3n) is 3.11. The molecule has 0 aliphatic carbocycles. The SMILES string of the molecule is COCCN(CCC(=O)OC)C(=O)C(C)(C)S(C)(=O)=O. The number of esters is 1. The number of ether oxygens (including phenoxy) is 2. The summed E-state index contributed by atoms with van der Waals surface area (Å²) in [7, 11) is -0.833. The van der Waals surface area contributed by atoms with Crippen molar-refractivity contribution in [1.82, 2.24) is 4.90 Å². The lowest BCUT2D eigenvalue weighted by Gasteiger charge is -2.30. The van der Waals surface area contributed by atoms with Gasteiger partial charge in [-0.2, -0.15) is 0 Å². The molecule has 0 saturated carbocycles. The van der Waals surface area contributed by atoms with Crippen LogP contribution in [-0.2, 0) is 28.9 Å². The highest BCUT2D eigenvalue weighted by Gasteiger charge is 2.41. The summed E-state index contributed by atoms with van der Waals surface area (Å²) in [6.07, 6.45) is 1.02. The van der Waals surface area contributed by atoms with E-state index in [0.717, 1.165) is 6.26 Å². The molecule has 0 fully saturated rings. The Morgan fingerprint density at radius 1 is 1.15 bits per heavy atom. The maximum Gasteiger partial charge on any atom is 0.307 e. The van der Waals surface area contributed by atoms with Crippen LogP contribution in [-0.4, -0.2) is 70.1 Å². The Labute approximate surface area is 120 Å². The first-order chi connectivity index (χ1) is 9.07. The Bertz CT molecular complexity index is 443. The monoisotopic (exact) mass is 309 g/mol. The van der Waals surface area contributed by atoms with E-state index < -0.39 is 26.5 Å². The molecule has 0 spiro atoms. The molecule has 0 radical (unpaired) electrons. The molecule has 0 rings (SSSR count). The van der Waals surface area contributed by atoms with Crippen LogP contribution in [0.1, 0.15) is 20.3 Å². The van der Waals surface area contributed by atoms with Gasteiger partial charge in [-0.15, -0.1) is 0 Å². The highest BCUT2D eigenvalue weighted by atomic mass is 32.2. The first-order valence-electron chi connectivity index (χ1n) is 6.12. The molecule has 0 bridgehead atoms. The minimum absolute atomic E-state index is 0.00575. The molecule has 1 amide bonds. The molecule has 0 aliphatic heterocycles. The third-order valence-corrected chi connectivity index (χ3v) is 5.14. The van der Waals surface area contributed by atoms with Crippen molar-refractivity contribution < 1.29 is 27.5 Å². The number of amides is 1. The molecule has 118 valence electrons. The van der Waals surface area contributed by atoms with Crippen molar-refractivity contribution in [3.63, 3.8) is 0 Å². The zero-order valence-electron chi connectivity index (χ0n) is 12.6. The molecule has 0 saturated heterocycles. The van der Waals surface area contributed by atoms with Gasteiger partial charge < -0.3 is 14.4 Å². The van der Waals surface area contributed by atoms with Gasteiger partial charge in [-0.05, 0) is 13.8 Å². The van der Waals surface area contributed by atoms with Crippen LogP contribution < -0.4 is 0 Å². The van der Waals surface area contributed by atoms with Gasteiger partial charge in [-0.25, -0.2) is 8.42 Å². The van der Waals surface area contributed by atoms with Crippen LogP contribution in [0.15, 0.2) is 0 Å². The minimum Gasteiger partial charge on any atom is -0.469 e.